The van der Waals surface area contributed by atoms with Gasteiger partial charge in [0.15, 0.2) is 11.5 Å². The summed E-state index contributed by atoms with van der Waals surface area (Å²) in [5.41, 5.74) is 1.29. The lowest BCUT2D eigenvalue weighted by Gasteiger charge is -2.16. The van der Waals surface area contributed by atoms with Crippen LogP contribution >= 0.6 is 23.2 Å². The molecule has 1 aliphatic rings. The number of ether oxygens (including phenoxy) is 2. The molecule has 3 rings (SSSR count). The number of hydrogen-bond donors (Lipinski definition) is 0. The van der Waals surface area contributed by atoms with E-state index in [0.29, 0.717) is 38.4 Å². The first kappa shape index (κ1) is 18.5. The molecule has 0 bridgehead atoms. The van der Waals surface area contributed by atoms with Crippen molar-refractivity contribution in [2.24, 2.45) is 0 Å². The van der Waals surface area contributed by atoms with Crippen LogP contribution in [0.4, 0.5) is 0 Å². The molecule has 1 fully saturated rings. The van der Waals surface area contributed by atoms with Crippen LogP contribution in [0.25, 0.3) is 11.6 Å². The van der Waals surface area contributed by atoms with Crippen LogP contribution in [-0.4, -0.2) is 23.2 Å². The molecule has 0 radical (unpaired) electrons. The molecule has 2 aromatic heterocycles. The van der Waals surface area contributed by atoms with Gasteiger partial charge < -0.3 is 9.47 Å². The highest BCUT2D eigenvalue weighted by atomic mass is 35.5. The van der Waals surface area contributed by atoms with Crippen molar-refractivity contribution < 1.29 is 9.47 Å². The molecule has 2 heterocycles. The van der Waals surface area contributed by atoms with Gasteiger partial charge in [0.25, 0.3) is 0 Å². The summed E-state index contributed by atoms with van der Waals surface area (Å²) in [6, 6.07) is 3.88. The van der Waals surface area contributed by atoms with Crippen LogP contribution in [0.2, 0.25) is 10.0 Å². The quantitative estimate of drug-likeness (QED) is 0.659. The van der Waals surface area contributed by atoms with E-state index in [1.807, 2.05) is 0 Å². The van der Waals surface area contributed by atoms with Crippen molar-refractivity contribution in [3.63, 3.8) is 0 Å². The van der Waals surface area contributed by atoms with Gasteiger partial charge in [-0.05, 0) is 31.8 Å². The monoisotopic (exact) mass is 389 g/mol. The highest BCUT2D eigenvalue weighted by molar-refractivity contribution is 6.38. The number of rotatable bonds is 5. The first-order chi connectivity index (χ1) is 12.6. The first-order valence-corrected chi connectivity index (χ1v) is 9.00. The highest BCUT2D eigenvalue weighted by Crippen LogP contribution is 2.34. The molecule has 0 aromatic carbocycles. The third kappa shape index (κ3) is 4.09. The van der Waals surface area contributed by atoms with Gasteiger partial charge in [0, 0.05) is 24.0 Å². The van der Waals surface area contributed by atoms with Crippen LogP contribution in [0, 0.1) is 11.3 Å². The summed E-state index contributed by atoms with van der Waals surface area (Å²) in [6.45, 7) is 0. The highest BCUT2D eigenvalue weighted by Gasteiger charge is 2.19. The third-order valence-electron chi connectivity index (χ3n) is 4.20. The minimum atomic E-state index is 0.183. The smallest absolute Gasteiger partial charge is 0.179 e. The van der Waals surface area contributed by atoms with E-state index in [1.165, 1.54) is 25.2 Å². The Morgan fingerprint density at radius 2 is 1.88 bits per heavy atom. The van der Waals surface area contributed by atoms with E-state index in [9.17, 15) is 5.26 Å². The Labute approximate surface area is 162 Å². The standard InChI is InChI=1S/C19H17Cl2N3O2/c1-25-18-11-24-13(7-17(18)26-14-4-2-3-5-14)6-12(8-22)19-15(20)9-23-10-16(19)21/h6-7,9-11,14H,2-5H2,1H3. The fraction of sp³-hybridized carbons (Fsp3) is 0.316. The zero-order valence-electron chi connectivity index (χ0n) is 14.2. The number of nitrogens with zero attached hydrogens (tertiary/aromatic N) is 3. The fourth-order valence-corrected chi connectivity index (χ4v) is 3.49. The average molecular weight is 390 g/mol. The van der Waals surface area contributed by atoms with Crippen molar-refractivity contribution in [1.82, 2.24) is 9.97 Å². The second-order valence-electron chi connectivity index (χ2n) is 5.93. The van der Waals surface area contributed by atoms with E-state index < -0.39 is 0 Å². The molecule has 1 saturated carbocycles. The topological polar surface area (TPSA) is 68.0 Å². The van der Waals surface area contributed by atoms with Gasteiger partial charge in [-0.3, -0.25) is 9.97 Å². The summed E-state index contributed by atoms with van der Waals surface area (Å²) in [5, 5.41) is 10.2. The van der Waals surface area contributed by atoms with Crippen LogP contribution in [0.1, 0.15) is 36.9 Å². The summed E-state index contributed by atoms with van der Waals surface area (Å²) in [5.74, 6) is 1.18. The molecule has 0 N–H and O–H groups in total. The second kappa shape index (κ2) is 8.39. The maximum Gasteiger partial charge on any atom is 0.179 e. The molecule has 0 atom stereocenters. The molecular formula is C19H17Cl2N3O2. The molecule has 26 heavy (non-hydrogen) atoms. The number of pyridine rings is 2. The Kier molecular flexibility index (Phi) is 5.97. The summed E-state index contributed by atoms with van der Waals surface area (Å²) in [6.07, 6.45) is 10.7. The van der Waals surface area contributed by atoms with Gasteiger partial charge in [0.2, 0.25) is 0 Å². The lowest BCUT2D eigenvalue weighted by atomic mass is 10.1. The van der Waals surface area contributed by atoms with Gasteiger partial charge in [-0.1, -0.05) is 23.2 Å². The molecule has 0 unspecified atom stereocenters. The Balaban J connectivity index is 1.97. The maximum atomic E-state index is 9.55. The minimum absolute atomic E-state index is 0.183. The molecule has 0 spiro atoms. The predicted molar refractivity (Wildman–Crippen MR) is 101 cm³/mol. The van der Waals surface area contributed by atoms with E-state index in [-0.39, 0.29) is 6.10 Å². The first-order valence-electron chi connectivity index (χ1n) is 8.24. The number of allylic oxidation sites excluding steroid dienone is 1. The molecule has 0 amide bonds. The number of aromatic nitrogens is 2. The molecular weight excluding hydrogens is 373 g/mol. The van der Waals surface area contributed by atoms with Crippen molar-refractivity contribution in [3.8, 4) is 17.6 Å². The largest absolute Gasteiger partial charge is 0.491 e. The minimum Gasteiger partial charge on any atom is -0.491 e. The summed E-state index contributed by atoms with van der Waals surface area (Å²) in [7, 11) is 1.57. The molecule has 5 nitrogen and oxygen atoms in total. The van der Waals surface area contributed by atoms with Crippen molar-refractivity contribution in [2.45, 2.75) is 31.8 Å². The van der Waals surface area contributed by atoms with Crippen molar-refractivity contribution in [2.75, 3.05) is 7.11 Å². The van der Waals surface area contributed by atoms with Crippen LogP contribution < -0.4 is 9.47 Å². The number of methoxy groups -OCH3 is 1. The lowest BCUT2D eigenvalue weighted by Crippen LogP contribution is -2.11. The van der Waals surface area contributed by atoms with Gasteiger partial charge in [0.1, 0.15) is 0 Å². The van der Waals surface area contributed by atoms with Crippen LogP contribution in [0.5, 0.6) is 11.5 Å². The zero-order chi connectivity index (χ0) is 18.5. The summed E-state index contributed by atoms with van der Waals surface area (Å²) >= 11 is 12.3. The average Bonchev–Trinajstić information content (AvgIpc) is 3.14. The normalized spacial score (nSPS) is 14.9. The van der Waals surface area contributed by atoms with Crippen LogP contribution in [0.15, 0.2) is 24.7 Å². The van der Waals surface area contributed by atoms with Gasteiger partial charge in [0.05, 0.1) is 46.8 Å². The Morgan fingerprint density at radius 1 is 1.19 bits per heavy atom. The SMILES string of the molecule is COc1cnc(C=C(C#N)c2c(Cl)cncc2Cl)cc1OC1CCCC1. The third-order valence-corrected chi connectivity index (χ3v) is 4.78. The van der Waals surface area contributed by atoms with Gasteiger partial charge in [-0.15, -0.1) is 0 Å². The molecule has 134 valence electrons. The summed E-state index contributed by atoms with van der Waals surface area (Å²) < 4.78 is 11.4. The van der Waals surface area contributed by atoms with Crippen molar-refractivity contribution in [1.29, 1.82) is 5.26 Å². The van der Waals surface area contributed by atoms with E-state index in [0.717, 1.165) is 12.8 Å². The van der Waals surface area contributed by atoms with Gasteiger partial charge in [-0.25, -0.2) is 0 Å². The maximum absolute atomic E-state index is 9.55. The fourth-order valence-electron chi connectivity index (χ4n) is 2.93. The number of halogens is 2. The van der Waals surface area contributed by atoms with E-state index in [1.54, 1.807) is 25.4 Å². The number of nitriles is 1. The van der Waals surface area contributed by atoms with Crippen molar-refractivity contribution in [3.05, 3.63) is 46.0 Å². The second-order valence-corrected chi connectivity index (χ2v) is 6.75. The Bertz CT molecular complexity index is 851. The van der Waals surface area contributed by atoms with Gasteiger partial charge >= 0.3 is 0 Å². The van der Waals surface area contributed by atoms with E-state index >= 15 is 0 Å². The molecule has 0 saturated heterocycles. The molecule has 1 aliphatic carbocycles. The summed E-state index contributed by atoms with van der Waals surface area (Å²) in [4.78, 5) is 8.23. The van der Waals surface area contributed by atoms with Crippen molar-refractivity contribution >= 4 is 34.9 Å². The lowest BCUT2D eigenvalue weighted by molar-refractivity contribution is 0.200. The molecule has 2 aromatic rings. The zero-order valence-corrected chi connectivity index (χ0v) is 15.7. The van der Waals surface area contributed by atoms with Crippen LogP contribution in [0.3, 0.4) is 0 Å². The van der Waals surface area contributed by atoms with Crippen LogP contribution in [-0.2, 0) is 0 Å². The Morgan fingerprint density at radius 3 is 2.50 bits per heavy atom. The van der Waals surface area contributed by atoms with Gasteiger partial charge in [-0.2, -0.15) is 5.26 Å². The Hall–Kier alpha value is -2.29. The molecule has 0 aliphatic heterocycles. The molecule has 7 heteroatoms. The number of hydrogen-bond acceptors (Lipinski definition) is 5. The van der Waals surface area contributed by atoms with E-state index in [2.05, 4.69) is 16.0 Å². The predicted octanol–water partition coefficient (Wildman–Crippen LogP) is 5.18. The van der Waals surface area contributed by atoms with E-state index in [4.69, 9.17) is 32.7 Å².